The fourth-order valence-electron chi connectivity index (χ4n) is 2.87. The Balaban J connectivity index is 2.06. The van der Waals surface area contributed by atoms with Crippen molar-refractivity contribution in [2.75, 3.05) is 6.26 Å². The zero-order chi connectivity index (χ0) is 20.1. The highest BCUT2D eigenvalue weighted by molar-refractivity contribution is 7.91. The molecule has 144 valence electrons. The first kappa shape index (κ1) is 18.8. The number of benzene rings is 2. The van der Waals surface area contributed by atoms with Crippen molar-refractivity contribution in [2.24, 2.45) is 0 Å². The Morgan fingerprint density at radius 1 is 0.964 bits per heavy atom. The van der Waals surface area contributed by atoms with Gasteiger partial charge in [-0.05, 0) is 48.5 Å². The summed E-state index contributed by atoms with van der Waals surface area (Å²) < 4.78 is 64.8. The van der Waals surface area contributed by atoms with Crippen molar-refractivity contribution in [1.82, 2.24) is 8.96 Å². The summed E-state index contributed by atoms with van der Waals surface area (Å²) in [5.74, 6) is -0.547. The number of fused-ring (bicyclic) bond motifs is 1. The lowest BCUT2D eigenvalue weighted by atomic mass is 10.2. The second-order valence-corrected chi connectivity index (χ2v) is 10.8. The van der Waals surface area contributed by atoms with E-state index in [1.165, 1.54) is 41.7 Å². The number of thiazole rings is 1. The van der Waals surface area contributed by atoms with E-state index in [9.17, 15) is 21.2 Å². The first-order valence-corrected chi connectivity index (χ1v) is 12.2. The third-order valence-corrected chi connectivity index (χ3v) is 7.81. The van der Waals surface area contributed by atoms with Gasteiger partial charge in [-0.15, -0.1) is 11.3 Å². The lowest BCUT2D eigenvalue weighted by Gasteiger charge is -2.11. The van der Waals surface area contributed by atoms with Crippen LogP contribution in [0.15, 0.2) is 69.9 Å². The van der Waals surface area contributed by atoms with Crippen LogP contribution in [-0.2, 0) is 19.9 Å². The molecule has 2 aromatic carbocycles. The van der Waals surface area contributed by atoms with Gasteiger partial charge < -0.3 is 0 Å². The zero-order valence-electron chi connectivity index (χ0n) is 14.4. The highest BCUT2D eigenvalue weighted by atomic mass is 32.2. The number of halogens is 1. The molecule has 0 radical (unpaired) electrons. The standard InChI is InChI=1S/C18H13FN2O4S3/c1-27(22,23)15-6-7-16-12(10-15)11-17(18-20-8-9-26-18)21(16)28(24,25)14-4-2-13(19)3-5-14/h2-11H,1H3. The van der Waals surface area contributed by atoms with Gasteiger partial charge in [-0.3, -0.25) is 0 Å². The first-order valence-electron chi connectivity index (χ1n) is 7.94. The van der Waals surface area contributed by atoms with Crippen LogP contribution < -0.4 is 0 Å². The zero-order valence-corrected chi connectivity index (χ0v) is 16.9. The molecule has 0 N–H and O–H groups in total. The molecule has 10 heteroatoms. The largest absolute Gasteiger partial charge is 0.268 e. The maximum absolute atomic E-state index is 13.3. The second kappa shape index (κ2) is 6.50. The predicted molar refractivity (Wildman–Crippen MR) is 105 cm³/mol. The van der Waals surface area contributed by atoms with Crippen LogP contribution in [0, 0.1) is 5.82 Å². The van der Waals surface area contributed by atoms with Crippen LogP contribution in [0.5, 0.6) is 0 Å². The van der Waals surface area contributed by atoms with Crippen molar-refractivity contribution >= 4 is 42.1 Å². The Bertz CT molecular complexity index is 1390. The molecule has 0 aliphatic carbocycles. The molecule has 0 atom stereocenters. The van der Waals surface area contributed by atoms with Crippen LogP contribution in [0.2, 0.25) is 0 Å². The fraction of sp³-hybridized carbons (Fsp3) is 0.0556. The van der Waals surface area contributed by atoms with E-state index in [0.717, 1.165) is 22.4 Å². The van der Waals surface area contributed by atoms with Crippen LogP contribution in [0.4, 0.5) is 4.39 Å². The van der Waals surface area contributed by atoms with Gasteiger partial charge in [0.2, 0.25) is 0 Å². The Morgan fingerprint density at radius 2 is 1.64 bits per heavy atom. The molecule has 6 nitrogen and oxygen atoms in total. The molecular formula is C18H13FN2O4S3. The van der Waals surface area contributed by atoms with Crippen LogP contribution >= 0.6 is 11.3 Å². The number of sulfone groups is 1. The van der Waals surface area contributed by atoms with Crippen LogP contribution in [-0.4, -0.2) is 32.0 Å². The molecule has 2 heterocycles. The van der Waals surface area contributed by atoms with Gasteiger partial charge in [0.1, 0.15) is 10.8 Å². The van der Waals surface area contributed by atoms with Gasteiger partial charge in [0.15, 0.2) is 9.84 Å². The van der Waals surface area contributed by atoms with E-state index in [2.05, 4.69) is 4.98 Å². The molecule has 0 saturated carbocycles. The lowest BCUT2D eigenvalue weighted by molar-refractivity contribution is 0.588. The number of nitrogens with zero attached hydrogens (tertiary/aromatic N) is 2. The average Bonchev–Trinajstić information content (AvgIpc) is 3.28. The topological polar surface area (TPSA) is 86.1 Å². The van der Waals surface area contributed by atoms with Crippen molar-refractivity contribution in [3.05, 3.63) is 65.9 Å². The number of hydrogen-bond donors (Lipinski definition) is 0. The third kappa shape index (κ3) is 3.13. The number of aromatic nitrogens is 2. The van der Waals surface area contributed by atoms with Crippen LogP contribution in [0.25, 0.3) is 21.6 Å². The summed E-state index contributed by atoms with van der Waals surface area (Å²) in [5.41, 5.74) is 0.613. The van der Waals surface area contributed by atoms with Gasteiger partial charge in [-0.2, -0.15) is 0 Å². The van der Waals surface area contributed by atoms with Gasteiger partial charge in [-0.25, -0.2) is 30.2 Å². The van der Waals surface area contributed by atoms with Gasteiger partial charge in [0.25, 0.3) is 10.0 Å². The molecule has 0 aliphatic heterocycles. The van der Waals surface area contributed by atoms with E-state index in [1.807, 2.05) is 0 Å². The molecule has 0 fully saturated rings. The molecule has 2 aromatic heterocycles. The monoisotopic (exact) mass is 436 g/mol. The summed E-state index contributed by atoms with van der Waals surface area (Å²) in [7, 11) is -7.53. The molecule has 0 amide bonds. The van der Waals surface area contributed by atoms with Gasteiger partial charge in [0, 0.05) is 23.2 Å². The molecule has 0 unspecified atom stereocenters. The predicted octanol–water partition coefficient (Wildman–Crippen LogP) is 3.54. The maximum atomic E-state index is 13.3. The van der Waals surface area contributed by atoms with E-state index < -0.39 is 25.7 Å². The smallest absolute Gasteiger partial charge is 0.243 e. The fourth-order valence-corrected chi connectivity index (χ4v) is 5.74. The summed E-state index contributed by atoms with van der Waals surface area (Å²) in [4.78, 5) is 4.19. The highest BCUT2D eigenvalue weighted by Crippen LogP contribution is 2.34. The minimum absolute atomic E-state index is 0.0852. The molecule has 28 heavy (non-hydrogen) atoms. The van der Waals surface area contributed by atoms with Crippen molar-refractivity contribution in [2.45, 2.75) is 9.79 Å². The SMILES string of the molecule is CS(=O)(=O)c1ccc2c(c1)cc(-c1nccs1)n2S(=O)(=O)c1ccc(F)cc1. The molecule has 0 spiro atoms. The van der Waals surface area contributed by atoms with Crippen molar-refractivity contribution in [3.8, 4) is 10.7 Å². The van der Waals surface area contributed by atoms with E-state index in [1.54, 1.807) is 17.6 Å². The summed E-state index contributed by atoms with van der Waals surface area (Å²) in [6, 6.07) is 10.3. The van der Waals surface area contributed by atoms with Crippen molar-refractivity contribution < 1.29 is 21.2 Å². The minimum atomic E-state index is -4.08. The first-order chi connectivity index (χ1) is 13.2. The molecule has 0 saturated heterocycles. The van der Waals surface area contributed by atoms with E-state index in [-0.39, 0.29) is 9.79 Å². The Labute approximate surface area is 164 Å². The Hall–Kier alpha value is -2.56. The number of rotatable bonds is 4. The van der Waals surface area contributed by atoms with Gasteiger partial charge in [-0.1, -0.05) is 0 Å². The van der Waals surface area contributed by atoms with Gasteiger partial charge >= 0.3 is 0 Å². The van der Waals surface area contributed by atoms with Gasteiger partial charge in [0.05, 0.1) is 21.0 Å². The number of hydrogen-bond acceptors (Lipinski definition) is 6. The summed E-state index contributed by atoms with van der Waals surface area (Å²) in [6.45, 7) is 0. The molecule has 4 rings (SSSR count). The summed E-state index contributed by atoms with van der Waals surface area (Å²) in [5, 5.41) is 2.62. The Kier molecular flexibility index (Phi) is 4.36. The summed E-state index contributed by atoms with van der Waals surface area (Å²) in [6.07, 6.45) is 2.64. The van der Waals surface area contributed by atoms with E-state index in [0.29, 0.717) is 21.6 Å². The average molecular weight is 437 g/mol. The minimum Gasteiger partial charge on any atom is -0.243 e. The van der Waals surface area contributed by atoms with Crippen LogP contribution in [0.1, 0.15) is 0 Å². The molecular weight excluding hydrogens is 423 g/mol. The Morgan fingerprint density at radius 3 is 2.25 bits per heavy atom. The lowest BCUT2D eigenvalue weighted by Crippen LogP contribution is -2.14. The highest BCUT2D eigenvalue weighted by Gasteiger charge is 2.25. The normalized spacial score (nSPS) is 12.5. The maximum Gasteiger partial charge on any atom is 0.268 e. The molecule has 0 aliphatic rings. The molecule has 4 aromatic rings. The van der Waals surface area contributed by atoms with Crippen molar-refractivity contribution in [3.63, 3.8) is 0 Å². The second-order valence-electron chi connectivity index (χ2n) is 6.08. The quantitative estimate of drug-likeness (QED) is 0.488. The summed E-state index contributed by atoms with van der Waals surface area (Å²) >= 11 is 1.25. The van der Waals surface area contributed by atoms with Crippen LogP contribution in [0.3, 0.4) is 0 Å². The van der Waals surface area contributed by atoms with E-state index >= 15 is 0 Å². The van der Waals surface area contributed by atoms with E-state index in [4.69, 9.17) is 0 Å². The molecule has 0 bridgehead atoms. The van der Waals surface area contributed by atoms with Crippen molar-refractivity contribution in [1.29, 1.82) is 0 Å². The third-order valence-electron chi connectivity index (χ3n) is 4.16.